The molecule has 2 N–H and O–H groups in total. The van der Waals surface area contributed by atoms with E-state index in [0.717, 1.165) is 16.5 Å². The smallest absolute Gasteiger partial charge is 0.305 e. The number of aliphatic carboxylic acids is 1. The SMILES string of the molecule is CCCC(CC(=O)O)NC(=O)c1ccc(C)cc1Br. The lowest BCUT2D eigenvalue weighted by atomic mass is 10.1. The third kappa shape index (κ3) is 5.03. The first-order chi connectivity index (χ1) is 8.93. The fraction of sp³-hybridized carbons (Fsp3) is 0.429. The maximum Gasteiger partial charge on any atom is 0.305 e. The van der Waals surface area contributed by atoms with Crippen molar-refractivity contribution in [2.24, 2.45) is 0 Å². The summed E-state index contributed by atoms with van der Waals surface area (Å²) in [5.74, 6) is -1.15. The molecule has 0 aliphatic carbocycles. The van der Waals surface area contributed by atoms with Gasteiger partial charge in [-0.25, -0.2) is 0 Å². The molecule has 0 aliphatic heterocycles. The molecule has 19 heavy (non-hydrogen) atoms. The van der Waals surface area contributed by atoms with Gasteiger partial charge in [-0.05, 0) is 47.0 Å². The topological polar surface area (TPSA) is 66.4 Å². The Kier molecular flexibility index (Phi) is 6.02. The van der Waals surface area contributed by atoms with E-state index in [1.165, 1.54) is 0 Å². The lowest BCUT2D eigenvalue weighted by Gasteiger charge is -2.16. The van der Waals surface area contributed by atoms with Crippen LogP contribution in [-0.4, -0.2) is 23.0 Å². The minimum Gasteiger partial charge on any atom is -0.481 e. The van der Waals surface area contributed by atoms with E-state index in [9.17, 15) is 9.59 Å². The number of carboxylic acids is 1. The standard InChI is InChI=1S/C14H18BrNO3/c1-3-4-10(8-13(17)18)16-14(19)11-6-5-9(2)7-12(11)15/h5-7,10H,3-4,8H2,1-2H3,(H,16,19)(H,17,18). The zero-order valence-electron chi connectivity index (χ0n) is 11.1. The quantitative estimate of drug-likeness (QED) is 0.843. The average Bonchev–Trinajstić information content (AvgIpc) is 2.27. The van der Waals surface area contributed by atoms with Crippen molar-refractivity contribution >= 4 is 27.8 Å². The molecular formula is C14H18BrNO3. The fourth-order valence-electron chi connectivity index (χ4n) is 1.85. The first-order valence-electron chi connectivity index (χ1n) is 6.22. The van der Waals surface area contributed by atoms with Gasteiger partial charge in [0.25, 0.3) is 5.91 Å². The van der Waals surface area contributed by atoms with Crippen LogP contribution in [0.25, 0.3) is 0 Å². The van der Waals surface area contributed by atoms with Crippen LogP contribution in [0.5, 0.6) is 0 Å². The van der Waals surface area contributed by atoms with E-state index in [-0.39, 0.29) is 18.4 Å². The molecule has 0 saturated carbocycles. The predicted molar refractivity (Wildman–Crippen MR) is 77.3 cm³/mol. The lowest BCUT2D eigenvalue weighted by Crippen LogP contribution is -2.36. The molecule has 0 fully saturated rings. The Balaban J connectivity index is 2.78. The molecule has 1 aromatic carbocycles. The number of aryl methyl sites for hydroxylation is 1. The minimum atomic E-state index is -0.901. The monoisotopic (exact) mass is 327 g/mol. The Morgan fingerprint density at radius 1 is 1.42 bits per heavy atom. The molecular weight excluding hydrogens is 310 g/mol. The molecule has 1 rings (SSSR count). The molecule has 104 valence electrons. The number of nitrogens with one attached hydrogen (secondary N) is 1. The van der Waals surface area contributed by atoms with Crippen molar-refractivity contribution in [1.82, 2.24) is 5.32 Å². The zero-order chi connectivity index (χ0) is 14.4. The maximum atomic E-state index is 12.1. The van der Waals surface area contributed by atoms with Gasteiger partial charge in [-0.3, -0.25) is 9.59 Å². The second-order valence-electron chi connectivity index (χ2n) is 4.54. The molecule has 4 nitrogen and oxygen atoms in total. The van der Waals surface area contributed by atoms with Crippen LogP contribution in [0, 0.1) is 6.92 Å². The Morgan fingerprint density at radius 3 is 2.63 bits per heavy atom. The molecule has 1 unspecified atom stereocenters. The van der Waals surface area contributed by atoms with Crippen molar-refractivity contribution < 1.29 is 14.7 Å². The second kappa shape index (κ2) is 7.28. The molecule has 0 spiro atoms. The highest BCUT2D eigenvalue weighted by molar-refractivity contribution is 9.10. The molecule has 5 heteroatoms. The van der Waals surface area contributed by atoms with E-state index < -0.39 is 5.97 Å². The summed E-state index contributed by atoms with van der Waals surface area (Å²) in [6.07, 6.45) is 1.43. The summed E-state index contributed by atoms with van der Waals surface area (Å²) in [5, 5.41) is 11.6. The van der Waals surface area contributed by atoms with E-state index in [1.54, 1.807) is 6.07 Å². The van der Waals surface area contributed by atoms with Crippen LogP contribution in [0.1, 0.15) is 42.1 Å². The summed E-state index contributed by atoms with van der Waals surface area (Å²) in [7, 11) is 0. The van der Waals surface area contributed by atoms with E-state index in [0.29, 0.717) is 12.0 Å². The summed E-state index contributed by atoms with van der Waals surface area (Å²) in [5.41, 5.74) is 1.58. The Morgan fingerprint density at radius 2 is 2.11 bits per heavy atom. The summed E-state index contributed by atoms with van der Waals surface area (Å²) in [4.78, 5) is 22.9. The van der Waals surface area contributed by atoms with Gasteiger partial charge in [-0.15, -0.1) is 0 Å². The van der Waals surface area contributed by atoms with Gasteiger partial charge in [0, 0.05) is 10.5 Å². The van der Waals surface area contributed by atoms with Crippen molar-refractivity contribution in [3.8, 4) is 0 Å². The molecule has 1 atom stereocenters. The molecule has 1 aromatic rings. The molecule has 0 heterocycles. The number of halogens is 1. The molecule has 1 amide bonds. The lowest BCUT2D eigenvalue weighted by molar-refractivity contribution is -0.137. The van der Waals surface area contributed by atoms with E-state index in [1.807, 2.05) is 26.0 Å². The highest BCUT2D eigenvalue weighted by Gasteiger charge is 2.17. The number of hydrogen-bond donors (Lipinski definition) is 2. The fourth-order valence-corrected chi connectivity index (χ4v) is 2.53. The zero-order valence-corrected chi connectivity index (χ0v) is 12.7. The minimum absolute atomic E-state index is 0.0525. The number of carbonyl (C=O) groups excluding carboxylic acids is 1. The van der Waals surface area contributed by atoms with Gasteiger partial charge < -0.3 is 10.4 Å². The first kappa shape index (κ1) is 15.7. The van der Waals surface area contributed by atoms with Crippen molar-refractivity contribution in [1.29, 1.82) is 0 Å². The molecule has 0 aromatic heterocycles. The van der Waals surface area contributed by atoms with E-state index in [2.05, 4.69) is 21.2 Å². The van der Waals surface area contributed by atoms with Crippen molar-refractivity contribution in [3.63, 3.8) is 0 Å². The van der Waals surface area contributed by atoms with Gasteiger partial charge in [-0.1, -0.05) is 19.4 Å². The van der Waals surface area contributed by atoms with Crippen LogP contribution in [0.2, 0.25) is 0 Å². The number of carbonyl (C=O) groups is 2. The van der Waals surface area contributed by atoms with Gasteiger partial charge >= 0.3 is 5.97 Å². The van der Waals surface area contributed by atoms with Gasteiger partial charge in [0.05, 0.1) is 12.0 Å². The third-order valence-corrected chi connectivity index (χ3v) is 3.42. The molecule has 0 aliphatic rings. The van der Waals surface area contributed by atoms with Gasteiger partial charge in [0.1, 0.15) is 0 Å². The molecule has 0 radical (unpaired) electrons. The van der Waals surface area contributed by atoms with Crippen LogP contribution in [0.4, 0.5) is 0 Å². The van der Waals surface area contributed by atoms with Crippen LogP contribution in [-0.2, 0) is 4.79 Å². The van der Waals surface area contributed by atoms with Crippen LogP contribution in [0.15, 0.2) is 22.7 Å². The number of carboxylic acid groups (broad SMARTS) is 1. The molecule has 0 bridgehead atoms. The summed E-state index contributed by atoms with van der Waals surface area (Å²) in [6.45, 7) is 3.90. The van der Waals surface area contributed by atoms with Gasteiger partial charge in [-0.2, -0.15) is 0 Å². The Hall–Kier alpha value is -1.36. The average molecular weight is 328 g/mol. The highest BCUT2D eigenvalue weighted by atomic mass is 79.9. The third-order valence-electron chi connectivity index (χ3n) is 2.76. The van der Waals surface area contributed by atoms with E-state index in [4.69, 9.17) is 5.11 Å². The molecule has 0 saturated heterocycles. The summed E-state index contributed by atoms with van der Waals surface area (Å²) >= 11 is 3.35. The first-order valence-corrected chi connectivity index (χ1v) is 7.02. The normalized spacial score (nSPS) is 11.9. The predicted octanol–water partition coefficient (Wildman–Crippen LogP) is 3.13. The van der Waals surface area contributed by atoms with Crippen molar-refractivity contribution in [3.05, 3.63) is 33.8 Å². The summed E-state index contributed by atoms with van der Waals surface area (Å²) in [6, 6.07) is 5.12. The van der Waals surface area contributed by atoms with E-state index >= 15 is 0 Å². The number of amides is 1. The Labute approximate surface area is 121 Å². The number of hydrogen-bond acceptors (Lipinski definition) is 2. The number of rotatable bonds is 6. The van der Waals surface area contributed by atoms with Crippen LogP contribution in [0.3, 0.4) is 0 Å². The highest BCUT2D eigenvalue weighted by Crippen LogP contribution is 2.18. The summed E-state index contributed by atoms with van der Waals surface area (Å²) < 4.78 is 0.718. The van der Waals surface area contributed by atoms with Crippen molar-refractivity contribution in [2.75, 3.05) is 0 Å². The Bertz CT molecular complexity index is 474. The number of benzene rings is 1. The van der Waals surface area contributed by atoms with Gasteiger partial charge in [0.2, 0.25) is 0 Å². The maximum absolute atomic E-state index is 12.1. The largest absolute Gasteiger partial charge is 0.481 e. The second-order valence-corrected chi connectivity index (χ2v) is 5.39. The van der Waals surface area contributed by atoms with Crippen molar-refractivity contribution in [2.45, 2.75) is 39.2 Å². The van der Waals surface area contributed by atoms with Crippen LogP contribution < -0.4 is 5.32 Å². The van der Waals surface area contributed by atoms with Crippen LogP contribution >= 0.6 is 15.9 Å². The van der Waals surface area contributed by atoms with Gasteiger partial charge in [0.15, 0.2) is 0 Å².